The number of allylic oxidation sites excluding steroid dienone is 2. The van der Waals surface area contributed by atoms with Gasteiger partial charge in [0.15, 0.2) is 0 Å². The summed E-state index contributed by atoms with van der Waals surface area (Å²) in [5.74, 6) is -0.263. The second-order valence-corrected chi connectivity index (χ2v) is 4.10. The standard InChI is InChI=1S/C12H10ClFO/c1-7-4-9(14)6-11-8(5-12(13)15)2-3-10(7)11/h4-6H,2-3H2,1H3/b8-5-. The van der Waals surface area contributed by atoms with Crippen LogP contribution in [0.3, 0.4) is 0 Å². The van der Waals surface area contributed by atoms with E-state index in [1.807, 2.05) is 6.92 Å². The van der Waals surface area contributed by atoms with Crippen LogP contribution >= 0.6 is 11.6 Å². The Morgan fingerprint density at radius 3 is 2.87 bits per heavy atom. The normalized spacial score (nSPS) is 16.9. The van der Waals surface area contributed by atoms with Crippen molar-refractivity contribution in [1.82, 2.24) is 0 Å². The molecule has 15 heavy (non-hydrogen) atoms. The highest BCUT2D eigenvalue weighted by Crippen LogP contribution is 2.34. The average Bonchev–Trinajstić information content (AvgIpc) is 2.48. The van der Waals surface area contributed by atoms with Crippen LogP contribution in [0.1, 0.15) is 23.1 Å². The van der Waals surface area contributed by atoms with Gasteiger partial charge in [-0.2, -0.15) is 0 Å². The van der Waals surface area contributed by atoms with E-state index in [4.69, 9.17) is 11.6 Å². The van der Waals surface area contributed by atoms with Crippen molar-refractivity contribution < 1.29 is 9.18 Å². The molecule has 0 atom stereocenters. The summed E-state index contributed by atoms with van der Waals surface area (Å²) in [6.07, 6.45) is 3.00. The second kappa shape index (κ2) is 3.78. The third-order valence-corrected chi connectivity index (χ3v) is 2.82. The maximum absolute atomic E-state index is 13.2. The summed E-state index contributed by atoms with van der Waals surface area (Å²) < 4.78 is 13.2. The van der Waals surface area contributed by atoms with E-state index in [0.717, 1.165) is 35.1 Å². The van der Waals surface area contributed by atoms with Crippen molar-refractivity contribution in [2.24, 2.45) is 0 Å². The molecular formula is C12H10ClFO. The fourth-order valence-electron chi connectivity index (χ4n) is 2.07. The number of halogens is 2. The van der Waals surface area contributed by atoms with Gasteiger partial charge in [0.2, 0.25) is 5.24 Å². The number of carbonyl (C=O) groups excluding carboxylic acids is 1. The van der Waals surface area contributed by atoms with E-state index in [9.17, 15) is 9.18 Å². The quantitative estimate of drug-likeness (QED) is 0.529. The molecule has 0 saturated heterocycles. The van der Waals surface area contributed by atoms with Gasteiger partial charge in [-0.05, 0) is 65.8 Å². The molecule has 0 unspecified atom stereocenters. The Morgan fingerprint density at radius 2 is 2.20 bits per heavy atom. The van der Waals surface area contributed by atoms with Gasteiger partial charge >= 0.3 is 0 Å². The zero-order valence-electron chi connectivity index (χ0n) is 8.31. The van der Waals surface area contributed by atoms with Gasteiger partial charge in [-0.15, -0.1) is 0 Å². The molecule has 1 aromatic rings. The smallest absolute Gasteiger partial charge is 0.245 e. The molecule has 0 amide bonds. The van der Waals surface area contributed by atoms with Crippen LogP contribution in [0.25, 0.3) is 5.57 Å². The number of carbonyl (C=O) groups is 1. The number of aryl methyl sites for hydroxylation is 1. The molecule has 0 aromatic heterocycles. The van der Waals surface area contributed by atoms with Crippen molar-refractivity contribution in [3.63, 3.8) is 0 Å². The van der Waals surface area contributed by atoms with Gasteiger partial charge in [0.1, 0.15) is 5.82 Å². The fourth-order valence-corrected chi connectivity index (χ4v) is 2.20. The summed E-state index contributed by atoms with van der Waals surface area (Å²) in [6, 6.07) is 2.99. The van der Waals surface area contributed by atoms with E-state index in [1.54, 1.807) is 0 Å². The minimum absolute atomic E-state index is 0.263. The molecule has 0 aliphatic heterocycles. The largest absolute Gasteiger partial charge is 0.276 e. The Bertz CT molecular complexity index is 463. The lowest BCUT2D eigenvalue weighted by Gasteiger charge is -2.04. The van der Waals surface area contributed by atoms with Crippen molar-refractivity contribution >= 4 is 22.4 Å². The van der Waals surface area contributed by atoms with Crippen LogP contribution in [-0.4, -0.2) is 5.24 Å². The molecule has 0 fully saturated rings. The first-order valence-electron chi connectivity index (χ1n) is 4.77. The Labute approximate surface area is 92.6 Å². The van der Waals surface area contributed by atoms with Crippen LogP contribution < -0.4 is 0 Å². The Kier molecular flexibility index (Phi) is 2.61. The molecule has 1 aromatic carbocycles. The van der Waals surface area contributed by atoms with Gasteiger partial charge in [-0.1, -0.05) is 0 Å². The Balaban J connectivity index is 2.55. The maximum atomic E-state index is 13.2. The van der Waals surface area contributed by atoms with Crippen LogP contribution in [0.4, 0.5) is 4.39 Å². The van der Waals surface area contributed by atoms with E-state index in [1.165, 1.54) is 18.2 Å². The molecule has 0 N–H and O–H groups in total. The van der Waals surface area contributed by atoms with E-state index in [-0.39, 0.29) is 5.82 Å². The number of benzene rings is 1. The highest BCUT2D eigenvalue weighted by Gasteiger charge is 2.19. The van der Waals surface area contributed by atoms with Crippen molar-refractivity contribution in [3.8, 4) is 0 Å². The van der Waals surface area contributed by atoms with E-state index in [0.29, 0.717) is 0 Å². The van der Waals surface area contributed by atoms with Crippen LogP contribution in [-0.2, 0) is 11.2 Å². The van der Waals surface area contributed by atoms with Crippen molar-refractivity contribution in [2.75, 3.05) is 0 Å². The molecule has 1 aliphatic rings. The zero-order valence-corrected chi connectivity index (χ0v) is 9.07. The molecule has 2 rings (SSSR count). The average molecular weight is 225 g/mol. The topological polar surface area (TPSA) is 17.1 Å². The predicted octanol–water partition coefficient (Wildman–Crippen LogP) is 3.23. The van der Waals surface area contributed by atoms with Crippen LogP contribution in [0.15, 0.2) is 18.2 Å². The predicted molar refractivity (Wildman–Crippen MR) is 58.3 cm³/mol. The first kappa shape index (κ1) is 10.4. The van der Waals surface area contributed by atoms with Gasteiger partial charge in [-0.25, -0.2) is 4.39 Å². The van der Waals surface area contributed by atoms with Gasteiger partial charge in [0.05, 0.1) is 0 Å². The SMILES string of the molecule is Cc1cc(F)cc2c1CC/C2=C/C(=O)Cl. The Hall–Kier alpha value is -1.15. The van der Waals surface area contributed by atoms with Crippen LogP contribution in [0, 0.1) is 12.7 Å². The molecule has 0 saturated carbocycles. The number of hydrogen-bond acceptors (Lipinski definition) is 1. The molecule has 0 spiro atoms. The number of hydrogen-bond donors (Lipinski definition) is 0. The number of rotatable bonds is 1. The zero-order chi connectivity index (χ0) is 11.0. The van der Waals surface area contributed by atoms with Crippen molar-refractivity contribution in [3.05, 3.63) is 40.7 Å². The highest BCUT2D eigenvalue weighted by atomic mass is 35.5. The fraction of sp³-hybridized carbons (Fsp3) is 0.250. The maximum Gasteiger partial charge on any atom is 0.245 e. The minimum Gasteiger partial charge on any atom is -0.276 e. The summed E-state index contributed by atoms with van der Waals surface area (Å²) in [5, 5.41) is -0.500. The molecule has 0 bridgehead atoms. The van der Waals surface area contributed by atoms with Gasteiger partial charge in [0, 0.05) is 6.08 Å². The first-order chi connectivity index (χ1) is 7.08. The Morgan fingerprint density at radius 1 is 1.47 bits per heavy atom. The van der Waals surface area contributed by atoms with Crippen molar-refractivity contribution in [1.29, 1.82) is 0 Å². The van der Waals surface area contributed by atoms with Crippen LogP contribution in [0.2, 0.25) is 0 Å². The lowest BCUT2D eigenvalue weighted by molar-refractivity contribution is -0.107. The number of fused-ring (bicyclic) bond motifs is 1. The monoisotopic (exact) mass is 224 g/mol. The van der Waals surface area contributed by atoms with Crippen molar-refractivity contribution in [2.45, 2.75) is 19.8 Å². The molecule has 1 aliphatic carbocycles. The third kappa shape index (κ3) is 1.95. The molecule has 3 heteroatoms. The summed E-state index contributed by atoms with van der Waals surface area (Å²) in [6.45, 7) is 1.88. The molecule has 78 valence electrons. The first-order valence-corrected chi connectivity index (χ1v) is 5.15. The van der Waals surface area contributed by atoms with E-state index in [2.05, 4.69) is 0 Å². The lowest BCUT2D eigenvalue weighted by Crippen LogP contribution is -1.90. The van der Waals surface area contributed by atoms with Gasteiger partial charge in [0.25, 0.3) is 0 Å². The molecule has 0 radical (unpaired) electrons. The summed E-state index contributed by atoms with van der Waals surface area (Å²) in [5.41, 5.74) is 3.74. The lowest BCUT2D eigenvalue weighted by atomic mass is 10.0. The minimum atomic E-state index is -0.500. The molecule has 1 nitrogen and oxygen atoms in total. The summed E-state index contributed by atoms with van der Waals surface area (Å²) in [4.78, 5) is 10.8. The van der Waals surface area contributed by atoms with Gasteiger partial charge < -0.3 is 0 Å². The van der Waals surface area contributed by atoms with E-state index >= 15 is 0 Å². The highest BCUT2D eigenvalue weighted by molar-refractivity contribution is 6.67. The van der Waals surface area contributed by atoms with E-state index < -0.39 is 5.24 Å². The van der Waals surface area contributed by atoms with Crippen LogP contribution in [0.5, 0.6) is 0 Å². The second-order valence-electron chi connectivity index (χ2n) is 3.72. The summed E-state index contributed by atoms with van der Waals surface area (Å²) >= 11 is 5.29. The summed E-state index contributed by atoms with van der Waals surface area (Å²) in [7, 11) is 0. The molecular weight excluding hydrogens is 215 g/mol. The third-order valence-electron chi connectivity index (χ3n) is 2.72. The van der Waals surface area contributed by atoms with Gasteiger partial charge in [-0.3, -0.25) is 4.79 Å². The molecule has 0 heterocycles.